The number of carbonyl (C=O) groups excluding carboxylic acids is 1. The molecule has 0 unspecified atom stereocenters. The normalized spacial score (nSPS) is 11.8. The van der Waals surface area contributed by atoms with Crippen molar-refractivity contribution in [3.05, 3.63) is 23.8 Å². The van der Waals surface area contributed by atoms with Gasteiger partial charge in [0, 0.05) is 13.1 Å². The van der Waals surface area contributed by atoms with E-state index in [9.17, 15) is 4.79 Å². The first-order chi connectivity index (χ1) is 13.5. The van der Waals surface area contributed by atoms with Crippen LogP contribution in [-0.4, -0.2) is 50.5 Å². The SMILES string of the molecule is CCNC(=NCc1ccc(OC)c(OC)c1)NCC(C)(C)NC(=O)OC(C)(C)C.I. The van der Waals surface area contributed by atoms with E-state index in [2.05, 4.69) is 20.9 Å². The molecule has 0 atom stereocenters. The number of amides is 1. The predicted molar refractivity (Wildman–Crippen MR) is 131 cm³/mol. The minimum Gasteiger partial charge on any atom is -0.493 e. The van der Waals surface area contributed by atoms with E-state index in [0.717, 1.165) is 12.1 Å². The number of carbonyl (C=O) groups is 1. The van der Waals surface area contributed by atoms with Gasteiger partial charge in [0.25, 0.3) is 0 Å². The third-order valence-electron chi connectivity index (χ3n) is 3.75. The van der Waals surface area contributed by atoms with Gasteiger partial charge in [-0.3, -0.25) is 0 Å². The lowest BCUT2D eigenvalue weighted by Gasteiger charge is -2.29. The Morgan fingerprint density at radius 1 is 1.03 bits per heavy atom. The average molecular weight is 536 g/mol. The summed E-state index contributed by atoms with van der Waals surface area (Å²) in [6.07, 6.45) is -0.448. The van der Waals surface area contributed by atoms with Crippen molar-refractivity contribution in [1.82, 2.24) is 16.0 Å². The molecule has 9 heteroatoms. The number of hydrogen-bond donors (Lipinski definition) is 3. The van der Waals surface area contributed by atoms with Crippen LogP contribution in [0.25, 0.3) is 0 Å². The van der Waals surface area contributed by atoms with Gasteiger partial charge < -0.3 is 30.2 Å². The summed E-state index contributed by atoms with van der Waals surface area (Å²) < 4.78 is 15.9. The zero-order valence-corrected chi connectivity index (χ0v) is 21.7. The van der Waals surface area contributed by atoms with Gasteiger partial charge in [0.05, 0.1) is 26.3 Å². The van der Waals surface area contributed by atoms with Gasteiger partial charge in [-0.05, 0) is 59.2 Å². The van der Waals surface area contributed by atoms with Crippen molar-refractivity contribution in [2.45, 2.75) is 59.2 Å². The molecule has 0 heterocycles. The number of nitrogens with zero attached hydrogens (tertiary/aromatic N) is 1. The smallest absolute Gasteiger partial charge is 0.408 e. The molecule has 8 nitrogen and oxygen atoms in total. The van der Waals surface area contributed by atoms with Crippen molar-refractivity contribution in [3.63, 3.8) is 0 Å². The van der Waals surface area contributed by atoms with Crippen LogP contribution in [-0.2, 0) is 11.3 Å². The van der Waals surface area contributed by atoms with Crippen LogP contribution in [0.5, 0.6) is 11.5 Å². The molecule has 0 saturated carbocycles. The number of benzene rings is 1. The topological polar surface area (TPSA) is 93.2 Å². The molecule has 0 aliphatic heterocycles. The van der Waals surface area contributed by atoms with Crippen molar-refractivity contribution < 1.29 is 19.0 Å². The molecule has 1 aromatic rings. The molecule has 0 aliphatic rings. The number of aliphatic imine (C=N–C) groups is 1. The maximum atomic E-state index is 12.0. The van der Waals surface area contributed by atoms with Crippen molar-refractivity contribution in [3.8, 4) is 11.5 Å². The van der Waals surface area contributed by atoms with E-state index >= 15 is 0 Å². The Morgan fingerprint density at radius 3 is 2.20 bits per heavy atom. The van der Waals surface area contributed by atoms with Crippen molar-refractivity contribution in [1.29, 1.82) is 0 Å². The Hall–Kier alpha value is -1.91. The summed E-state index contributed by atoms with van der Waals surface area (Å²) in [5, 5.41) is 9.35. The molecule has 1 amide bonds. The lowest BCUT2D eigenvalue weighted by molar-refractivity contribution is 0.0474. The highest BCUT2D eigenvalue weighted by molar-refractivity contribution is 14.0. The number of guanidine groups is 1. The third-order valence-corrected chi connectivity index (χ3v) is 3.75. The first-order valence-electron chi connectivity index (χ1n) is 9.74. The van der Waals surface area contributed by atoms with Crippen molar-refractivity contribution in [2.75, 3.05) is 27.3 Å². The van der Waals surface area contributed by atoms with Crippen molar-refractivity contribution in [2.24, 2.45) is 4.99 Å². The fraction of sp³-hybridized carbons (Fsp3) is 0.619. The van der Waals surface area contributed by atoms with Crippen LogP contribution in [0.15, 0.2) is 23.2 Å². The van der Waals surface area contributed by atoms with Crippen LogP contribution in [0.4, 0.5) is 4.79 Å². The van der Waals surface area contributed by atoms with E-state index in [1.54, 1.807) is 14.2 Å². The van der Waals surface area contributed by atoms with Gasteiger partial charge in [-0.2, -0.15) is 0 Å². The second kappa shape index (κ2) is 12.7. The summed E-state index contributed by atoms with van der Waals surface area (Å²) in [4.78, 5) is 16.6. The Balaban J connectivity index is 0.00000841. The third kappa shape index (κ3) is 10.7. The highest BCUT2D eigenvalue weighted by Crippen LogP contribution is 2.27. The molecular weight excluding hydrogens is 499 g/mol. The van der Waals surface area contributed by atoms with Gasteiger partial charge in [-0.25, -0.2) is 9.79 Å². The highest BCUT2D eigenvalue weighted by Gasteiger charge is 2.24. The summed E-state index contributed by atoms with van der Waals surface area (Å²) >= 11 is 0. The quantitative estimate of drug-likeness (QED) is 0.267. The molecule has 0 aromatic heterocycles. The summed E-state index contributed by atoms with van der Waals surface area (Å²) in [5.74, 6) is 2.00. The van der Waals surface area contributed by atoms with Crippen LogP contribution in [0.1, 0.15) is 47.1 Å². The molecule has 1 rings (SSSR count). The van der Waals surface area contributed by atoms with E-state index in [1.807, 2.05) is 59.7 Å². The molecule has 3 N–H and O–H groups in total. The summed E-state index contributed by atoms with van der Waals surface area (Å²) in [7, 11) is 3.21. The van der Waals surface area contributed by atoms with E-state index < -0.39 is 17.2 Å². The van der Waals surface area contributed by atoms with Gasteiger partial charge in [0.15, 0.2) is 17.5 Å². The average Bonchev–Trinajstić information content (AvgIpc) is 2.61. The molecule has 0 bridgehead atoms. The lowest BCUT2D eigenvalue weighted by atomic mass is 10.1. The number of alkyl carbamates (subject to hydrolysis) is 1. The van der Waals surface area contributed by atoms with E-state index in [4.69, 9.17) is 14.2 Å². The molecule has 30 heavy (non-hydrogen) atoms. The van der Waals surface area contributed by atoms with Crippen LogP contribution >= 0.6 is 24.0 Å². The summed E-state index contributed by atoms with van der Waals surface area (Å²) in [6, 6.07) is 5.71. The van der Waals surface area contributed by atoms with E-state index in [0.29, 0.717) is 30.5 Å². The second-order valence-electron chi connectivity index (χ2n) is 8.25. The monoisotopic (exact) mass is 536 g/mol. The minimum atomic E-state index is -0.538. The first kappa shape index (κ1) is 28.1. The van der Waals surface area contributed by atoms with Crippen LogP contribution in [0, 0.1) is 0 Å². The van der Waals surface area contributed by atoms with Crippen LogP contribution in [0.2, 0.25) is 0 Å². The lowest BCUT2D eigenvalue weighted by Crippen LogP contribution is -2.54. The molecule has 172 valence electrons. The van der Waals surface area contributed by atoms with Crippen molar-refractivity contribution >= 4 is 36.0 Å². The van der Waals surface area contributed by atoms with Gasteiger partial charge >= 0.3 is 6.09 Å². The Morgan fingerprint density at radius 2 is 1.67 bits per heavy atom. The summed E-state index contributed by atoms with van der Waals surface area (Å²) in [5.41, 5.74) is -0.0726. The Bertz CT molecular complexity index is 703. The second-order valence-corrected chi connectivity index (χ2v) is 8.25. The maximum Gasteiger partial charge on any atom is 0.408 e. The Kier molecular flexibility index (Phi) is 11.9. The number of halogens is 1. The molecule has 1 aromatic carbocycles. The molecule has 0 radical (unpaired) electrons. The number of hydrogen-bond acceptors (Lipinski definition) is 5. The Labute approximate surface area is 197 Å². The molecule has 0 aliphatic carbocycles. The molecule has 0 fully saturated rings. The van der Waals surface area contributed by atoms with Gasteiger partial charge in [0.2, 0.25) is 0 Å². The van der Waals surface area contributed by atoms with Gasteiger partial charge in [0.1, 0.15) is 5.60 Å². The van der Waals surface area contributed by atoms with E-state index in [-0.39, 0.29) is 24.0 Å². The zero-order valence-electron chi connectivity index (χ0n) is 19.3. The first-order valence-corrected chi connectivity index (χ1v) is 9.74. The number of ether oxygens (including phenoxy) is 3. The van der Waals surface area contributed by atoms with E-state index in [1.165, 1.54) is 0 Å². The number of nitrogens with one attached hydrogen (secondary N) is 3. The number of rotatable bonds is 8. The molecule has 0 spiro atoms. The van der Waals surface area contributed by atoms with Crippen LogP contribution in [0.3, 0.4) is 0 Å². The van der Waals surface area contributed by atoms with Gasteiger partial charge in [-0.1, -0.05) is 6.07 Å². The fourth-order valence-corrected chi connectivity index (χ4v) is 2.42. The maximum absolute atomic E-state index is 12.0. The zero-order chi connectivity index (χ0) is 22.1. The fourth-order valence-electron chi connectivity index (χ4n) is 2.42. The summed E-state index contributed by atoms with van der Waals surface area (Å²) in [6.45, 7) is 13.0. The number of methoxy groups -OCH3 is 2. The molecule has 0 saturated heterocycles. The van der Waals surface area contributed by atoms with Crippen LogP contribution < -0.4 is 25.4 Å². The predicted octanol–water partition coefficient (Wildman–Crippen LogP) is 3.68. The standard InChI is InChI=1S/C21H36N4O4.HI/c1-9-22-18(23-13-15-10-11-16(27-7)17(12-15)28-8)24-14-21(5,6)25-19(26)29-20(2,3)4;/h10-12H,9,13-14H2,1-8H3,(H,25,26)(H2,22,23,24);1H. The minimum absolute atomic E-state index is 0. The highest BCUT2D eigenvalue weighted by atomic mass is 127. The van der Waals surface area contributed by atoms with Gasteiger partial charge in [-0.15, -0.1) is 24.0 Å². The molecular formula is C21H37IN4O4. The largest absolute Gasteiger partial charge is 0.493 e.